The third kappa shape index (κ3) is 2.17. The molecule has 0 bridgehead atoms. The number of hydrogen-bond acceptors (Lipinski definition) is 2. The summed E-state index contributed by atoms with van der Waals surface area (Å²) < 4.78 is 30.7. The van der Waals surface area contributed by atoms with Crippen molar-refractivity contribution in [3.8, 4) is 0 Å². The Morgan fingerprint density at radius 2 is 2.13 bits per heavy atom. The Labute approximate surface area is 93.8 Å². The molecule has 0 heterocycles. The van der Waals surface area contributed by atoms with Crippen molar-refractivity contribution < 1.29 is 13.0 Å². The number of benzene rings is 1. The van der Waals surface area contributed by atoms with Gasteiger partial charge < -0.3 is 0 Å². The molecule has 0 fully saturated rings. The van der Waals surface area contributed by atoms with Crippen molar-refractivity contribution in [2.24, 2.45) is 0 Å². The van der Waals surface area contributed by atoms with Gasteiger partial charge >= 0.3 is 0 Å². The fraction of sp³-hybridized carbons (Fsp3) is 0.400. The van der Waals surface area contributed by atoms with Crippen molar-refractivity contribution in [2.45, 2.75) is 29.5 Å². The van der Waals surface area contributed by atoms with Crippen molar-refractivity contribution in [3.63, 3.8) is 0 Å². The number of rotatable bonds is 1. The van der Waals surface area contributed by atoms with Crippen molar-refractivity contribution in [1.82, 2.24) is 0 Å². The average molecular weight is 247 g/mol. The van der Waals surface area contributed by atoms with E-state index >= 15 is 0 Å². The van der Waals surface area contributed by atoms with Crippen molar-refractivity contribution >= 4 is 21.7 Å². The minimum atomic E-state index is -4.10. The van der Waals surface area contributed by atoms with Gasteiger partial charge in [0.25, 0.3) is 10.1 Å². The summed E-state index contributed by atoms with van der Waals surface area (Å²) in [6.45, 7) is 0. The van der Waals surface area contributed by atoms with Crippen LogP contribution in [0.25, 0.3) is 0 Å². The second-order valence-electron chi connectivity index (χ2n) is 3.70. The van der Waals surface area contributed by atoms with E-state index in [-0.39, 0.29) is 10.3 Å². The summed E-state index contributed by atoms with van der Waals surface area (Å²) in [4.78, 5) is -0.0491. The van der Waals surface area contributed by atoms with E-state index in [2.05, 4.69) is 0 Å². The van der Waals surface area contributed by atoms with Crippen LogP contribution < -0.4 is 0 Å². The highest BCUT2D eigenvalue weighted by atomic mass is 35.5. The highest BCUT2D eigenvalue weighted by Gasteiger charge is 2.20. The molecule has 1 atom stereocenters. The van der Waals surface area contributed by atoms with Crippen LogP contribution in [0.4, 0.5) is 0 Å². The number of alkyl halides is 1. The molecule has 1 aliphatic carbocycles. The zero-order chi connectivity index (χ0) is 11.1. The van der Waals surface area contributed by atoms with Crippen LogP contribution in [-0.4, -0.2) is 13.0 Å². The molecule has 0 saturated heterocycles. The summed E-state index contributed by atoms with van der Waals surface area (Å²) >= 11 is 6.10. The Bertz CT molecular complexity index is 481. The molecule has 0 aliphatic heterocycles. The molecule has 0 amide bonds. The van der Waals surface area contributed by atoms with E-state index in [1.165, 1.54) is 12.1 Å². The van der Waals surface area contributed by atoms with Crippen LogP contribution in [0.15, 0.2) is 23.1 Å². The molecule has 1 aliphatic rings. The van der Waals surface area contributed by atoms with Crippen LogP contribution in [0.2, 0.25) is 0 Å². The van der Waals surface area contributed by atoms with E-state index in [1.807, 2.05) is 0 Å². The lowest BCUT2D eigenvalue weighted by Gasteiger charge is -2.20. The Hall–Kier alpha value is -0.580. The fourth-order valence-electron chi connectivity index (χ4n) is 1.89. The predicted molar refractivity (Wildman–Crippen MR) is 57.8 cm³/mol. The van der Waals surface area contributed by atoms with E-state index in [0.717, 1.165) is 30.4 Å². The molecule has 0 aromatic heterocycles. The zero-order valence-electron chi connectivity index (χ0n) is 7.98. The molecular formula is C10H11ClO3S. The number of fused-ring (bicyclic) bond motifs is 1. The van der Waals surface area contributed by atoms with Gasteiger partial charge in [-0.1, -0.05) is 6.07 Å². The Morgan fingerprint density at radius 3 is 2.80 bits per heavy atom. The van der Waals surface area contributed by atoms with Crippen molar-refractivity contribution in [1.29, 1.82) is 0 Å². The number of halogens is 1. The second kappa shape index (κ2) is 3.77. The third-order valence-electron chi connectivity index (χ3n) is 2.65. The van der Waals surface area contributed by atoms with Crippen molar-refractivity contribution in [3.05, 3.63) is 29.3 Å². The Balaban J connectivity index is 2.51. The molecule has 15 heavy (non-hydrogen) atoms. The van der Waals surface area contributed by atoms with E-state index in [0.29, 0.717) is 0 Å². The molecule has 0 radical (unpaired) electrons. The molecule has 5 heteroatoms. The SMILES string of the molecule is O=S(=O)(O)c1ccc2c(c1)CCCC2Cl. The molecule has 1 aromatic carbocycles. The lowest BCUT2D eigenvalue weighted by molar-refractivity contribution is 0.483. The maximum absolute atomic E-state index is 10.9. The maximum atomic E-state index is 10.9. The van der Waals surface area contributed by atoms with E-state index in [1.54, 1.807) is 6.07 Å². The first kappa shape index (κ1) is 10.9. The molecule has 1 unspecified atom stereocenters. The summed E-state index contributed by atoms with van der Waals surface area (Å²) in [7, 11) is -4.10. The topological polar surface area (TPSA) is 54.4 Å². The quantitative estimate of drug-likeness (QED) is 0.612. The Kier molecular flexibility index (Phi) is 2.75. The van der Waals surface area contributed by atoms with Gasteiger partial charge in [-0.15, -0.1) is 11.6 Å². The molecule has 82 valence electrons. The highest BCUT2D eigenvalue weighted by Crippen LogP contribution is 2.35. The predicted octanol–water partition coefficient (Wildman–Crippen LogP) is 2.55. The molecule has 2 rings (SSSR count). The highest BCUT2D eigenvalue weighted by molar-refractivity contribution is 7.85. The number of hydrogen-bond donors (Lipinski definition) is 1. The summed E-state index contributed by atoms with van der Waals surface area (Å²) in [6.07, 6.45) is 2.69. The van der Waals surface area contributed by atoms with Crippen LogP contribution in [0.1, 0.15) is 29.3 Å². The first-order valence-electron chi connectivity index (χ1n) is 4.73. The van der Waals surface area contributed by atoms with Crippen LogP contribution >= 0.6 is 11.6 Å². The van der Waals surface area contributed by atoms with Crippen LogP contribution in [-0.2, 0) is 16.5 Å². The molecule has 0 spiro atoms. The van der Waals surface area contributed by atoms with Gasteiger partial charge in [-0.25, -0.2) is 0 Å². The third-order valence-corrected chi connectivity index (χ3v) is 3.96. The van der Waals surface area contributed by atoms with E-state index < -0.39 is 10.1 Å². The van der Waals surface area contributed by atoms with Gasteiger partial charge in [0.15, 0.2) is 0 Å². The van der Waals surface area contributed by atoms with Gasteiger partial charge in [-0.05, 0) is 42.5 Å². The minimum Gasteiger partial charge on any atom is -0.282 e. The van der Waals surface area contributed by atoms with Gasteiger partial charge in [-0.2, -0.15) is 8.42 Å². The molecular weight excluding hydrogens is 236 g/mol. The van der Waals surface area contributed by atoms with E-state index in [9.17, 15) is 8.42 Å². The second-order valence-corrected chi connectivity index (χ2v) is 5.64. The van der Waals surface area contributed by atoms with Gasteiger partial charge in [0.1, 0.15) is 0 Å². The van der Waals surface area contributed by atoms with Gasteiger partial charge in [0, 0.05) is 0 Å². The fourth-order valence-corrected chi connectivity index (χ4v) is 2.79. The molecule has 0 saturated carbocycles. The molecule has 3 nitrogen and oxygen atoms in total. The maximum Gasteiger partial charge on any atom is 0.294 e. The van der Waals surface area contributed by atoms with Crippen LogP contribution in [0.5, 0.6) is 0 Å². The first-order chi connectivity index (χ1) is 6.98. The van der Waals surface area contributed by atoms with Crippen LogP contribution in [0.3, 0.4) is 0 Å². The monoisotopic (exact) mass is 246 g/mol. The van der Waals surface area contributed by atoms with Gasteiger partial charge in [-0.3, -0.25) is 4.55 Å². The summed E-state index contributed by atoms with van der Waals surface area (Å²) in [5, 5.41) is -0.0378. The first-order valence-corrected chi connectivity index (χ1v) is 6.60. The number of aryl methyl sites for hydroxylation is 1. The largest absolute Gasteiger partial charge is 0.294 e. The lowest BCUT2D eigenvalue weighted by Crippen LogP contribution is -2.07. The smallest absolute Gasteiger partial charge is 0.282 e. The summed E-state index contributed by atoms with van der Waals surface area (Å²) in [5.74, 6) is 0. The van der Waals surface area contributed by atoms with Crippen LogP contribution in [0, 0.1) is 0 Å². The average Bonchev–Trinajstić information content (AvgIpc) is 2.16. The Morgan fingerprint density at radius 1 is 1.40 bits per heavy atom. The van der Waals surface area contributed by atoms with Gasteiger partial charge in [0.05, 0.1) is 10.3 Å². The lowest BCUT2D eigenvalue weighted by atomic mass is 9.91. The zero-order valence-corrected chi connectivity index (χ0v) is 9.55. The van der Waals surface area contributed by atoms with E-state index in [4.69, 9.17) is 16.2 Å². The molecule has 1 aromatic rings. The normalized spacial score (nSPS) is 21.1. The van der Waals surface area contributed by atoms with Gasteiger partial charge in [0.2, 0.25) is 0 Å². The standard InChI is InChI=1S/C10H11ClO3S/c11-10-3-1-2-7-6-8(15(12,13)14)4-5-9(7)10/h4-6,10H,1-3H2,(H,12,13,14). The van der Waals surface area contributed by atoms with Crippen molar-refractivity contribution in [2.75, 3.05) is 0 Å². The summed E-state index contributed by atoms with van der Waals surface area (Å²) in [5.41, 5.74) is 1.91. The minimum absolute atomic E-state index is 0.0378. The summed E-state index contributed by atoms with van der Waals surface area (Å²) in [6, 6.07) is 4.60. The molecule has 1 N–H and O–H groups in total.